The van der Waals surface area contributed by atoms with Crippen LogP contribution in [0.2, 0.25) is 0 Å². The quantitative estimate of drug-likeness (QED) is 0.775. The summed E-state index contributed by atoms with van der Waals surface area (Å²) in [5, 5.41) is 12.2. The maximum absolute atomic E-state index is 8.97. The van der Waals surface area contributed by atoms with Gasteiger partial charge in [-0.25, -0.2) is 4.98 Å². The highest BCUT2D eigenvalue weighted by Crippen LogP contribution is 2.17. The minimum atomic E-state index is 0.565. The number of anilines is 2. The first-order valence-corrected chi connectivity index (χ1v) is 5.29. The maximum atomic E-state index is 8.97. The van der Waals surface area contributed by atoms with E-state index in [1.165, 1.54) is 0 Å². The van der Waals surface area contributed by atoms with Crippen LogP contribution in [0.4, 0.5) is 11.4 Å². The van der Waals surface area contributed by atoms with Crippen molar-refractivity contribution in [3.05, 3.63) is 42.5 Å². The van der Waals surface area contributed by atoms with E-state index in [2.05, 4.69) is 16.4 Å². The summed E-state index contributed by atoms with van der Waals surface area (Å²) in [4.78, 5) is 3.96. The molecule has 2 aromatic rings. The highest BCUT2D eigenvalue weighted by molar-refractivity contribution is 5.62. The minimum Gasteiger partial charge on any atom is -0.399 e. The lowest BCUT2D eigenvalue weighted by molar-refractivity contribution is 0.727. The summed E-state index contributed by atoms with van der Waals surface area (Å²) in [6.07, 6.45) is 5.40. The maximum Gasteiger partial charge on any atom is 0.101 e. The van der Waals surface area contributed by atoms with Gasteiger partial charge >= 0.3 is 0 Å². The van der Waals surface area contributed by atoms with Crippen molar-refractivity contribution in [1.29, 1.82) is 5.26 Å². The Labute approximate surface area is 99.5 Å². The number of benzene rings is 1. The van der Waals surface area contributed by atoms with Gasteiger partial charge in [-0.15, -0.1) is 0 Å². The molecule has 86 valence electrons. The number of hydrogen-bond acceptors (Lipinski definition) is 4. The van der Waals surface area contributed by atoms with Gasteiger partial charge in [0.05, 0.1) is 17.6 Å². The smallest absolute Gasteiger partial charge is 0.101 e. The van der Waals surface area contributed by atoms with Crippen LogP contribution in [0.5, 0.6) is 0 Å². The topological polar surface area (TPSA) is 79.7 Å². The fourth-order valence-electron chi connectivity index (χ4n) is 1.55. The van der Waals surface area contributed by atoms with Crippen LogP contribution < -0.4 is 11.1 Å². The largest absolute Gasteiger partial charge is 0.399 e. The fraction of sp³-hybridized carbons (Fsp3) is 0.167. The molecular formula is C12H13N5. The van der Waals surface area contributed by atoms with Crippen molar-refractivity contribution in [3.8, 4) is 6.07 Å². The normalized spacial score (nSPS) is 9.82. The molecule has 0 atom stereocenters. The standard InChI is InChI=1S/C12H13N5/c13-8-10-7-11(14)1-2-12(10)16-4-6-17-5-3-15-9-17/h1-3,5,7,9,16H,4,6,14H2. The lowest BCUT2D eigenvalue weighted by atomic mass is 10.1. The zero-order valence-corrected chi connectivity index (χ0v) is 9.30. The molecule has 0 spiro atoms. The van der Waals surface area contributed by atoms with E-state index in [1.54, 1.807) is 24.7 Å². The van der Waals surface area contributed by atoms with E-state index in [0.29, 0.717) is 11.3 Å². The van der Waals surface area contributed by atoms with Crippen molar-refractivity contribution in [2.24, 2.45) is 0 Å². The molecule has 1 heterocycles. The Bertz CT molecular complexity index is 524. The number of nitriles is 1. The van der Waals surface area contributed by atoms with Crippen molar-refractivity contribution in [2.75, 3.05) is 17.6 Å². The van der Waals surface area contributed by atoms with E-state index in [-0.39, 0.29) is 0 Å². The highest BCUT2D eigenvalue weighted by Gasteiger charge is 2.01. The van der Waals surface area contributed by atoms with Crippen LogP contribution in [-0.2, 0) is 6.54 Å². The second kappa shape index (κ2) is 5.03. The van der Waals surface area contributed by atoms with Crippen molar-refractivity contribution in [2.45, 2.75) is 6.54 Å². The number of aromatic nitrogens is 2. The molecule has 0 aliphatic carbocycles. The molecule has 0 aliphatic rings. The lowest BCUT2D eigenvalue weighted by Crippen LogP contribution is -2.10. The molecule has 0 saturated heterocycles. The van der Waals surface area contributed by atoms with Gasteiger partial charge in [0.1, 0.15) is 6.07 Å². The Morgan fingerprint density at radius 1 is 1.47 bits per heavy atom. The molecule has 1 aromatic carbocycles. The van der Waals surface area contributed by atoms with E-state index in [0.717, 1.165) is 18.8 Å². The summed E-state index contributed by atoms with van der Waals surface area (Å²) in [6.45, 7) is 1.53. The van der Waals surface area contributed by atoms with Gasteiger partial charge in [-0.3, -0.25) is 0 Å². The van der Waals surface area contributed by atoms with E-state index in [4.69, 9.17) is 11.0 Å². The van der Waals surface area contributed by atoms with Crippen molar-refractivity contribution >= 4 is 11.4 Å². The van der Waals surface area contributed by atoms with Crippen LogP contribution in [0.25, 0.3) is 0 Å². The zero-order chi connectivity index (χ0) is 12.1. The number of nitrogens with two attached hydrogens (primary N) is 1. The average Bonchev–Trinajstić information content (AvgIpc) is 2.84. The molecule has 0 unspecified atom stereocenters. The van der Waals surface area contributed by atoms with Crippen molar-refractivity contribution in [3.63, 3.8) is 0 Å². The van der Waals surface area contributed by atoms with Gasteiger partial charge in [-0.1, -0.05) is 0 Å². The molecule has 5 nitrogen and oxygen atoms in total. The van der Waals surface area contributed by atoms with Crippen LogP contribution in [-0.4, -0.2) is 16.1 Å². The Kier molecular flexibility index (Phi) is 3.26. The SMILES string of the molecule is N#Cc1cc(N)ccc1NCCn1ccnc1. The molecule has 5 heteroatoms. The second-order valence-electron chi connectivity index (χ2n) is 3.64. The van der Waals surface area contributed by atoms with Crippen molar-refractivity contribution < 1.29 is 0 Å². The van der Waals surface area contributed by atoms with E-state index in [9.17, 15) is 0 Å². The van der Waals surface area contributed by atoms with Gasteiger partial charge in [-0.2, -0.15) is 5.26 Å². The van der Waals surface area contributed by atoms with Crippen LogP contribution in [0.15, 0.2) is 36.9 Å². The van der Waals surface area contributed by atoms with Gasteiger partial charge in [0.2, 0.25) is 0 Å². The van der Waals surface area contributed by atoms with Gasteiger partial charge in [0, 0.05) is 31.2 Å². The Balaban J connectivity index is 1.97. The van der Waals surface area contributed by atoms with Crippen LogP contribution >= 0.6 is 0 Å². The van der Waals surface area contributed by atoms with Gasteiger partial charge in [-0.05, 0) is 18.2 Å². The predicted molar refractivity (Wildman–Crippen MR) is 66.3 cm³/mol. The summed E-state index contributed by atoms with van der Waals surface area (Å²) < 4.78 is 1.97. The third kappa shape index (κ3) is 2.75. The number of nitrogens with one attached hydrogen (secondary N) is 1. The summed E-state index contributed by atoms with van der Waals surface area (Å²) in [5.41, 5.74) is 7.59. The zero-order valence-electron chi connectivity index (χ0n) is 9.30. The van der Waals surface area contributed by atoms with Gasteiger partial charge < -0.3 is 15.6 Å². The number of imidazole rings is 1. The molecule has 2 rings (SSSR count). The lowest BCUT2D eigenvalue weighted by Gasteiger charge is -2.09. The van der Waals surface area contributed by atoms with Crippen LogP contribution in [0.1, 0.15) is 5.56 Å². The minimum absolute atomic E-state index is 0.565. The molecular weight excluding hydrogens is 214 g/mol. The molecule has 17 heavy (non-hydrogen) atoms. The first-order valence-electron chi connectivity index (χ1n) is 5.29. The number of hydrogen-bond donors (Lipinski definition) is 2. The van der Waals surface area contributed by atoms with Gasteiger partial charge in [0.25, 0.3) is 0 Å². The molecule has 3 N–H and O–H groups in total. The van der Waals surface area contributed by atoms with Crippen LogP contribution in [0, 0.1) is 11.3 Å². The number of rotatable bonds is 4. The summed E-state index contributed by atoms with van der Waals surface area (Å²) in [5.74, 6) is 0. The molecule has 0 amide bonds. The fourth-order valence-corrected chi connectivity index (χ4v) is 1.55. The van der Waals surface area contributed by atoms with Crippen LogP contribution in [0.3, 0.4) is 0 Å². The van der Waals surface area contributed by atoms with Gasteiger partial charge in [0.15, 0.2) is 0 Å². The van der Waals surface area contributed by atoms with E-state index < -0.39 is 0 Å². The Morgan fingerprint density at radius 3 is 3.06 bits per heavy atom. The third-order valence-corrected chi connectivity index (χ3v) is 2.41. The highest BCUT2D eigenvalue weighted by atomic mass is 15.0. The summed E-state index contributed by atoms with van der Waals surface area (Å²) >= 11 is 0. The van der Waals surface area contributed by atoms with E-state index >= 15 is 0 Å². The predicted octanol–water partition coefficient (Wildman–Crippen LogP) is 1.45. The number of nitrogens with zero attached hydrogens (tertiary/aromatic N) is 3. The summed E-state index contributed by atoms with van der Waals surface area (Å²) in [6, 6.07) is 7.38. The molecule has 0 aliphatic heterocycles. The average molecular weight is 227 g/mol. The molecule has 0 saturated carbocycles. The first-order chi connectivity index (χ1) is 8.29. The first kappa shape index (κ1) is 11.0. The molecule has 0 bridgehead atoms. The molecule has 0 fully saturated rings. The Hall–Kier alpha value is -2.48. The summed E-state index contributed by atoms with van der Waals surface area (Å²) in [7, 11) is 0. The number of nitrogen functional groups attached to an aromatic ring is 1. The second-order valence-corrected chi connectivity index (χ2v) is 3.64. The monoisotopic (exact) mass is 227 g/mol. The van der Waals surface area contributed by atoms with Crippen molar-refractivity contribution in [1.82, 2.24) is 9.55 Å². The third-order valence-electron chi connectivity index (χ3n) is 2.41. The molecule has 1 aromatic heterocycles. The molecule has 0 radical (unpaired) electrons. The Morgan fingerprint density at radius 2 is 2.35 bits per heavy atom. The van der Waals surface area contributed by atoms with E-state index in [1.807, 2.05) is 16.8 Å².